The van der Waals surface area contributed by atoms with Crippen LogP contribution in [-0.4, -0.2) is 50.4 Å². The van der Waals surface area contributed by atoms with Crippen LogP contribution >= 0.6 is 0 Å². The SMILES string of the molecule is C=C(C)C(=O)OCCCC1CCC(CCC)CC1.C=CC(=O)OCCCC1CCC(CCC)CC1.C=CC(=O)OCCCCOC1CCC(CCCCC)CC1. The molecule has 0 N–H and O–H groups in total. The summed E-state index contributed by atoms with van der Waals surface area (Å²) in [6, 6.07) is 0. The fourth-order valence-electron chi connectivity index (χ4n) is 8.65. The van der Waals surface area contributed by atoms with E-state index in [0.29, 0.717) is 31.5 Å². The second-order valence-electron chi connectivity index (χ2n) is 17.0. The third-order valence-electron chi connectivity index (χ3n) is 12.1. The fraction of sp³-hybridized carbons (Fsp3) is 0.816. The van der Waals surface area contributed by atoms with Gasteiger partial charge >= 0.3 is 17.9 Å². The number of carbonyl (C=O) groups is 3. The molecule has 7 heteroatoms. The van der Waals surface area contributed by atoms with E-state index in [2.05, 4.69) is 40.5 Å². The zero-order valence-electron chi connectivity index (χ0n) is 36.8. The predicted molar refractivity (Wildman–Crippen MR) is 232 cm³/mol. The van der Waals surface area contributed by atoms with E-state index in [-0.39, 0.29) is 17.9 Å². The highest BCUT2D eigenvalue weighted by Gasteiger charge is 2.22. The van der Waals surface area contributed by atoms with Gasteiger partial charge in [-0.3, -0.25) is 0 Å². The van der Waals surface area contributed by atoms with Crippen LogP contribution in [0.2, 0.25) is 0 Å². The number of hydrogen-bond acceptors (Lipinski definition) is 7. The van der Waals surface area contributed by atoms with Crippen LogP contribution < -0.4 is 0 Å². The first-order valence-corrected chi connectivity index (χ1v) is 23.2. The topological polar surface area (TPSA) is 88.1 Å². The van der Waals surface area contributed by atoms with Crippen LogP contribution in [0.1, 0.15) is 195 Å². The molecule has 0 aromatic carbocycles. The van der Waals surface area contributed by atoms with E-state index < -0.39 is 0 Å². The first-order chi connectivity index (χ1) is 27.1. The van der Waals surface area contributed by atoms with Crippen LogP contribution in [-0.2, 0) is 33.3 Å². The van der Waals surface area contributed by atoms with Crippen molar-refractivity contribution >= 4 is 17.9 Å². The molecule has 0 bridgehead atoms. The van der Waals surface area contributed by atoms with Gasteiger partial charge in [-0.1, -0.05) is 143 Å². The molecule has 56 heavy (non-hydrogen) atoms. The van der Waals surface area contributed by atoms with Crippen molar-refractivity contribution in [1.29, 1.82) is 0 Å². The molecule has 7 nitrogen and oxygen atoms in total. The van der Waals surface area contributed by atoms with Crippen molar-refractivity contribution in [3.05, 3.63) is 37.5 Å². The van der Waals surface area contributed by atoms with Crippen LogP contribution in [0.3, 0.4) is 0 Å². The van der Waals surface area contributed by atoms with E-state index in [1.54, 1.807) is 6.92 Å². The molecule has 3 rings (SSSR count). The lowest BCUT2D eigenvalue weighted by Crippen LogP contribution is -2.22. The molecule has 0 heterocycles. The molecule has 3 aliphatic rings. The number of unbranched alkanes of at least 4 members (excludes halogenated alkanes) is 3. The molecule has 0 radical (unpaired) electrons. The highest BCUT2D eigenvalue weighted by Crippen LogP contribution is 2.35. The molecule has 0 unspecified atom stereocenters. The summed E-state index contributed by atoms with van der Waals surface area (Å²) in [5.74, 6) is 3.75. The highest BCUT2D eigenvalue weighted by molar-refractivity contribution is 5.86. The minimum absolute atomic E-state index is 0.248. The first kappa shape index (κ1) is 51.6. The molecule has 0 spiro atoms. The van der Waals surface area contributed by atoms with Crippen LogP contribution in [0.15, 0.2) is 37.5 Å². The Hall–Kier alpha value is -2.41. The number of carbonyl (C=O) groups excluding carboxylic acids is 3. The number of rotatable bonds is 25. The van der Waals surface area contributed by atoms with E-state index in [1.807, 2.05) is 0 Å². The summed E-state index contributed by atoms with van der Waals surface area (Å²) < 4.78 is 21.0. The Morgan fingerprint density at radius 1 is 0.482 bits per heavy atom. The van der Waals surface area contributed by atoms with Crippen LogP contribution in [0, 0.1) is 29.6 Å². The number of ether oxygens (including phenoxy) is 4. The summed E-state index contributed by atoms with van der Waals surface area (Å²) in [6.45, 7) is 21.2. The smallest absolute Gasteiger partial charge is 0.333 e. The van der Waals surface area contributed by atoms with Crippen molar-refractivity contribution in [1.82, 2.24) is 0 Å². The summed E-state index contributed by atoms with van der Waals surface area (Å²) in [6.07, 6.45) is 36.4. The quantitative estimate of drug-likeness (QED) is 0.0394. The molecule has 0 aliphatic heterocycles. The van der Waals surface area contributed by atoms with Crippen molar-refractivity contribution in [3.63, 3.8) is 0 Å². The Morgan fingerprint density at radius 3 is 1.27 bits per heavy atom. The maximum absolute atomic E-state index is 11.2. The normalized spacial score (nSPS) is 23.2. The van der Waals surface area contributed by atoms with Gasteiger partial charge < -0.3 is 18.9 Å². The number of esters is 3. The third-order valence-corrected chi connectivity index (χ3v) is 12.1. The third kappa shape index (κ3) is 27.3. The van der Waals surface area contributed by atoms with E-state index in [0.717, 1.165) is 61.9 Å². The van der Waals surface area contributed by atoms with Gasteiger partial charge in [0, 0.05) is 24.3 Å². The Morgan fingerprint density at radius 2 is 0.857 bits per heavy atom. The lowest BCUT2D eigenvalue weighted by Gasteiger charge is -2.28. The van der Waals surface area contributed by atoms with Gasteiger partial charge in [0.2, 0.25) is 0 Å². The second-order valence-corrected chi connectivity index (χ2v) is 17.0. The van der Waals surface area contributed by atoms with E-state index in [4.69, 9.17) is 18.9 Å². The van der Waals surface area contributed by atoms with Gasteiger partial charge in [-0.05, 0) is 101 Å². The average Bonchev–Trinajstić information content (AvgIpc) is 3.21. The second kappa shape index (κ2) is 34.6. The zero-order valence-corrected chi connectivity index (χ0v) is 36.8. The van der Waals surface area contributed by atoms with Gasteiger partial charge in [-0.2, -0.15) is 0 Å². The summed E-state index contributed by atoms with van der Waals surface area (Å²) in [5, 5.41) is 0. The maximum Gasteiger partial charge on any atom is 0.333 e. The van der Waals surface area contributed by atoms with Crippen molar-refractivity contribution < 1.29 is 33.3 Å². The molecule has 324 valence electrons. The van der Waals surface area contributed by atoms with Gasteiger partial charge in [0.05, 0.1) is 25.9 Å². The Labute approximate surface area is 344 Å². The molecule has 0 aromatic rings. The maximum atomic E-state index is 11.2. The van der Waals surface area contributed by atoms with E-state index in [9.17, 15) is 14.4 Å². The summed E-state index contributed by atoms with van der Waals surface area (Å²) in [4.78, 5) is 32.9. The Balaban J connectivity index is 0.000000423. The molecular weight excluding hydrogens is 701 g/mol. The van der Waals surface area contributed by atoms with E-state index in [1.165, 1.54) is 153 Å². The van der Waals surface area contributed by atoms with Crippen LogP contribution in [0.4, 0.5) is 0 Å². The molecule has 3 saturated carbocycles. The first-order valence-electron chi connectivity index (χ1n) is 23.2. The highest BCUT2D eigenvalue weighted by atomic mass is 16.5. The molecule has 0 amide bonds. The van der Waals surface area contributed by atoms with Crippen molar-refractivity contribution in [3.8, 4) is 0 Å². The van der Waals surface area contributed by atoms with Gasteiger partial charge in [-0.25, -0.2) is 14.4 Å². The average molecular weight is 787 g/mol. The van der Waals surface area contributed by atoms with Crippen LogP contribution in [0.5, 0.6) is 0 Å². The molecule has 0 saturated heterocycles. The predicted octanol–water partition coefficient (Wildman–Crippen LogP) is 13.2. The molecule has 0 aromatic heterocycles. The van der Waals surface area contributed by atoms with Crippen molar-refractivity contribution in [2.45, 2.75) is 201 Å². The lowest BCUT2D eigenvalue weighted by molar-refractivity contribution is -0.139. The Bertz CT molecular complexity index is 1030. The number of hydrogen-bond donors (Lipinski definition) is 0. The molecule has 3 fully saturated rings. The molecule has 3 aliphatic carbocycles. The zero-order chi connectivity index (χ0) is 41.2. The minimum Gasteiger partial charge on any atom is -0.463 e. The summed E-state index contributed by atoms with van der Waals surface area (Å²) >= 11 is 0. The minimum atomic E-state index is -0.336. The summed E-state index contributed by atoms with van der Waals surface area (Å²) in [7, 11) is 0. The fourth-order valence-corrected chi connectivity index (χ4v) is 8.65. The summed E-state index contributed by atoms with van der Waals surface area (Å²) in [5.41, 5.74) is 0.495. The van der Waals surface area contributed by atoms with Crippen LogP contribution in [0.25, 0.3) is 0 Å². The molecular formula is C49H86O7. The standard InChI is InChI=1S/C18H32O3.C16H28O2.C15H26O2/c1-3-5-6-9-16-10-12-17(13-11-16)20-14-7-8-15-21-18(19)4-2;1-4-6-14-8-10-15(11-9-14)7-5-12-18-16(17)13(2)3;1-3-6-13-8-10-14(11-9-13)7-5-12-17-15(16)4-2/h4,16-17H,2-3,5-15H2,1H3;14-15H,2,4-12H2,1,3H3;4,13-14H,2-3,5-12H2,1H3. The molecule has 0 atom stereocenters. The Kier molecular flexibility index (Phi) is 31.9. The van der Waals surface area contributed by atoms with Gasteiger partial charge in [0.1, 0.15) is 0 Å². The largest absolute Gasteiger partial charge is 0.463 e. The van der Waals surface area contributed by atoms with Gasteiger partial charge in [0.15, 0.2) is 0 Å². The van der Waals surface area contributed by atoms with Crippen molar-refractivity contribution in [2.24, 2.45) is 29.6 Å². The van der Waals surface area contributed by atoms with Gasteiger partial charge in [0.25, 0.3) is 0 Å². The van der Waals surface area contributed by atoms with E-state index >= 15 is 0 Å². The van der Waals surface area contributed by atoms with Crippen molar-refractivity contribution in [2.75, 3.05) is 26.4 Å². The van der Waals surface area contributed by atoms with Gasteiger partial charge in [-0.15, -0.1) is 0 Å². The monoisotopic (exact) mass is 787 g/mol. The lowest BCUT2D eigenvalue weighted by atomic mass is 9.78.